The molecule has 0 spiro atoms. The number of aliphatic hydroxyl groups excluding tert-OH is 4. The van der Waals surface area contributed by atoms with E-state index < -0.39 is 37.3 Å². The van der Waals surface area contributed by atoms with Gasteiger partial charge in [0.15, 0.2) is 6.23 Å². The van der Waals surface area contributed by atoms with Gasteiger partial charge in [-0.3, -0.25) is 14.5 Å². The van der Waals surface area contributed by atoms with E-state index in [1.165, 1.54) is 15.8 Å². The Kier molecular flexibility index (Phi) is 15.4. The second-order valence-corrected chi connectivity index (χ2v) is 19.2. The second-order valence-electron chi connectivity index (χ2n) is 19.2. The minimum Gasteiger partial charge on any atom is -0.449 e. The van der Waals surface area contributed by atoms with Gasteiger partial charge in [-0.15, -0.1) is 16.8 Å². The van der Waals surface area contributed by atoms with Crippen LogP contribution in [0.5, 0.6) is 0 Å². The molecule has 2 aromatic heterocycles. The predicted molar refractivity (Wildman–Crippen MR) is 254 cm³/mol. The zero-order chi connectivity index (χ0) is 49.0. The van der Waals surface area contributed by atoms with Crippen LogP contribution in [0.25, 0.3) is 10.8 Å². The summed E-state index contributed by atoms with van der Waals surface area (Å²) < 4.78 is 19.8. The van der Waals surface area contributed by atoms with E-state index in [-0.39, 0.29) is 36.5 Å². The van der Waals surface area contributed by atoms with Crippen molar-refractivity contribution in [1.29, 1.82) is 0 Å². The van der Waals surface area contributed by atoms with Crippen LogP contribution in [0.1, 0.15) is 97.1 Å². The molecule has 19 nitrogen and oxygen atoms in total. The molecular weight excluding hydrogens is 887 g/mol. The number of rotatable bonds is 19. The van der Waals surface area contributed by atoms with E-state index >= 15 is 0 Å². The minimum absolute atomic E-state index is 0.0106. The average Bonchev–Trinajstić information content (AvgIpc) is 4.02. The molecule has 0 radical (unpaired) electrons. The van der Waals surface area contributed by atoms with Crippen LogP contribution in [-0.4, -0.2) is 149 Å². The first-order valence-corrected chi connectivity index (χ1v) is 23.9. The average molecular weight is 952 g/mol. The molecule has 69 heavy (non-hydrogen) atoms. The molecule has 1 aliphatic carbocycles. The van der Waals surface area contributed by atoms with E-state index in [9.17, 15) is 34.8 Å². The fourth-order valence-corrected chi connectivity index (χ4v) is 10.3. The first-order chi connectivity index (χ1) is 33.2. The van der Waals surface area contributed by atoms with Gasteiger partial charge in [0, 0.05) is 60.4 Å². The maximum atomic E-state index is 14.0. The van der Waals surface area contributed by atoms with Crippen LogP contribution >= 0.6 is 0 Å². The molecule has 5 heterocycles. The number of anilines is 1. The lowest BCUT2D eigenvalue weighted by Crippen LogP contribution is -2.56. The number of hydrogen-bond donors (Lipinski definition) is 4. The lowest BCUT2D eigenvalue weighted by molar-refractivity contribution is -0.254. The minimum atomic E-state index is -1.52. The van der Waals surface area contributed by atoms with Gasteiger partial charge in [-0.2, -0.15) is 0 Å². The van der Waals surface area contributed by atoms with Gasteiger partial charge in [0.25, 0.3) is 11.8 Å². The molecule has 2 saturated heterocycles. The molecule has 2 aromatic carbocycles. The zero-order valence-corrected chi connectivity index (χ0v) is 39.6. The Bertz CT molecular complexity index is 2510. The maximum Gasteiger partial charge on any atom is 0.409 e. The highest BCUT2D eigenvalue weighted by molar-refractivity contribution is 6.26. The third-order valence-corrected chi connectivity index (χ3v) is 14.4. The highest BCUT2D eigenvalue weighted by atomic mass is 16.6. The molecule has 8 atom stereocenters. The van der Waals surface area contributed by atoms with E-state index in [4.69, 9.17) is 14.2 Å². The van der Waals surface area contributed by atoms with Gasteiger partial charge in [0.1, 0.15) is 35.8 Å². The van der Waals surface area contributed by atoms with Crippen molar-refractivity contribution in [3.05, 3.63) is 102 Å². The van der Waals surface area contributed by atoms with Gasteiger partial charge in [-0.25, -0.2) is 14.2 Å². The number of aromatic nitrogens is 6. The number of benzene rings is 2. The van der Waals surface area contributed by atoms with Crippen LogP contribution in [0.15, 0.2) is 79.7 Å². The predicted octanol–water partition coefficient (Wildman–Crippen LogP) is 4.57. The molecule has 370 valence electrons. The molecular formula is C50H65N9O10. The van der Waals surface area contributed by atoms with Crippen LogP contribution < -0.4 is 4.90 Å². The summed E-state index contributed by atoms with van der Waals surface area (Å²) in [6.45, 7) is 20.0. The first kappa shape index (κ1) is 49.6. The summed E-state index contributed by atoms with van der Waals surface area (Å²) in [6.07, 6.45) is 4.57. The lowest BCUT2D eigenvalue weighted by atomic mass is 9.61. The van der Waals surface area contributed by atoms with Crippen LogP contribution in [-0.2, 0) is 33.9 Å². The summed E-state index contributed by atoms with van der Waals surface area (Å²) in [5, 5.41) is 57.9. The maximum absolute atomic E-state index is 14.0. The number of carbonyl (C=O) groups excluding carboxylic acids is 3. The smallest absolute Gasteiger partial charge is 0.409 e. The Morgan fingerprint density at radius 1 is 0.913 bits per heavy atom. The summed E-state index contributed by atoms with van der Waals surface area (Å²) in [7, 11) is 0. The molecule has 4 N–H and O–H groups in total. The van der Waals surface area contributed by atoms with Crippen LogP contribution in [0, 0.1) is 17.3 Å². The third-order valence-electron chi connectivity index (χ3n) is 14.4. The monoisotopic (exact) mass is 951 g/mol. The first-order valence-electron chi connectivity index (χ1n) is 23.9. The van der Waals surface area contributed by atoms with Gasteiger partial charge >= 0.3 is 6.09 Å². The van der Waals surface area contributed by atoms with Gasteiger partial charge in [0.2, 0.25) is 0 Å². The SMILES string of the molecule is C=C[C@]1(C)CC[C@@H](C(=C)Cn2cc(CN3C(=O)c4cccc5c(N6CCN(C(=O)OCCCCCCOCc7cn([C@@H]8O[C@H](CO)[C@H](O)[C@H](O)[C@H]8O)nn7)CC6)ccc(c45)C3=O)nn2)C[C@H]1C(=C)C. The fourth-order valence-electron chi connectivity index (χ4n) is 10.3. The van der Waals surface area contributed by atoms with E-state index in [1.807, 2.05) is 18.2 Å². The topological polar surface area (TPSA) is 231 Å². The van der Waals surface area contributed by atoms with Crippen LogP contribution in [0.3, 0.4) is 0 Å². The van der Waals surface area contributed by atoms with Gasteiger partial charge in [-0.05, 0) is 80.9 Å². The highest BCUT2D eigenvalue weighted by Crippen LogP contribution is 2.49. The fraction of sp³-hybridized carbons (Fsp3) is 0.540. The number of carbonyl (C=O) groups is 3. The highest BCUT2D eigenvalue weighted by Gasteiger charge is 2.45. The van der Waals surface area contributed by atoms with Gasteiger partial charge < -0.3 is 44.4 Å². The number of amides is 3. The van der Waals surface area contributed by atoms with Crippen molar-refractivity contribution in [2.75, 3.05) is 50.9 Å². The molecule has 1 saturated carbocycles. The molecule has 4 aliphatic rings. The molecule has 0 bridgehead atoms. The van der Waals surface area contributed by atoms with E-state index in [2.05, 4.69) is 65.2 Å². The number of piperazine rings is 1. The Morgan fingerprint density at radius 3 is 2.36 bits per heavy atom. The number of imide groups is 1. The molecule has 19 heteroatoms. The van der Waals surface area contributed by atoms with E-state index in [1.54, 1.807) is 27.9 Å². The summed E-state index contributed by atoms with van der Waals surface area (Å²) in [6, 6.07) is 9.25. The van der Waals surface area contributed by atoms with E-state index in [0.717, 1.165) is 60.7 Å². The van der Waals surface area contributed by atoms with Gasteiger partial charge in [0.05, 0.1) is 45.3 Å². The van der Waals surface area contributed by atoms with Crippen molar-refractivity contribution in [2.45, 2.75) is 109 Å². The molecule has 3 aliphatic heterocycles. The summed E-state index contributed by atoms with van der Waals surface area (Å²) in [5.41, 5.74) is 5.03. The number of allylic oxidation sites excluding steroid dienone is 3. The van der Waals surface area contributed by atoms with Crippen molar-refractivity contribution in [2.24, 2.45) is 17.3 Å². The number of aliphatic hydroxyl groups is 4. The number of hydrogen-bond acceptors (Lipinski definition) is 15. The molecule has 4 aromatic rings. The van der Waals surface area contributed by atoms with Crippen LogP contribution in [0.4, 0.5) is 10.5 Å². The quantitative estimate of drug-likeness (QED) is 0.0573. The molecule has 3 fully saturated rings. The standard InChI is InChI=1S/C50H65N9O10/c1-6-50(5)17-16-33(24-39(50)31(2)3)32(4)25-57-26-34(51-53-57)27-58-46(64)37-13-11-12-36-40(15-14-38(42(36)37)47(58)65)55-18-20-56(21-19-55)49(66)68-23-10-8-7-9-22-67-30-35-28-59(54-52-35)48-45(63)44(62)43(61)41(29-60)69-48/h6,11-15,26,28,33,39,41,43-45,48,60-63H,1-2,4,7-10,16-25,27,29-30H2,3,5H3/t33-,39+,41-,43+,44+,45-,48-,50-/m1/s1. The Hall–Kier alpha value is -5.83. The van der Waals surface area contributed by atoms with Crippen molar-refractivity contribution < 1.29 is 49.0 Å². The summed E-state index contributed by atoms with van der Waals surface area (Å²) >= 11 is 0. The normalized spacial score (nSPS) is 26.1. The van der Waals surface area contributed by atoms with Crippen molar-refractivity contribution >= 4 is 34.4 Å². The zero-order valence-electron chi connectivity index (χ0n) is 39.6. The Morgan fingerprint density at radius 2 is 1.64 bits per heavy atom. The van der Waals surface area contributed by atoms with Gasteiger partial charge in [-0.1, -0.05) is 66.3 Å². The summed E-state index contributed by atoms with van der Waals surface area (Å²) in [5.74, 6) is -0.132. The lowest BCUT2D eigenvalue weighted by Gasteiger charge is -2.43. The number of nitrogens with zero attached hydrogens (tertiary/aromatic N) is 9. The van der Waals surface area contributed by atoms with Crippen molar-refractivity contribution in [3.8, 4) is 0 Å². The molecule has 8 rings (SSSR count). The molecule has 0 unspecified atom stereocenters. The molecule has 3 amide bonds. The number of unbranched alkanes of at least 4 members (excludes halogenated alkanes) is 3. The third kappa shape index (κ3) is 10.5. The Balaban J connectivity index is 0.755. The van der Waals surface area contributed by atoms with Crippen molar-refractivity contribution in [3.63, 3.8) is 0 Å². The van der Waals surface area contributed by atoms with Crippen LogP contribution in [0.2, 0.25) is 0 Å². The second kappa shape index (κ2) is 21.4. The summed E-state index contributed by atoms with van der Waals surface area (Å²) in [4.78, 5) is 46.1. The van der Waals surface area contributed by atoms with Crippen molar-refractivity contribution in [1.82, 2.24) is 39.8 Å². The number of ether oxygens (including phenoxy) is 3. The Labute approximate surface area is 401 Å². The van der Waals surface area contributed by atoms with E-state index in [0.29, 0.717) is 92.1 Å². The largest absolute Gasteiger partial charge is 0.449 e.